The van der Waals surface area contributed by atoms with Gasteiger partial charge in [-0.25, -0.2) is 0 Å². The van der Waals surface area contributed by atoms with Crippen molar-refractivity contribution in [3.8, 4) is 5.69 Å². The average molecular weight is 244 g/mol. The number of tetrazole rings is 1. The van der Waals surface area contributed by atoms with E-state index in [1.54, 1.807) is 17.2 Å². The second kappa shape index (κ2) is 5.22. The summed E-state index contributed by atoms with van der Waals surface area (Å²) in [6, 6.07) is 3.74. The Morgan fingerprint density at radius 1 is 1.33 bits per heavy atom. The van der Waals surface area contributed by atoms with E-state index in [1.807, 2.05) is 12.1 Å². The van der Waals surface area contributed by atoms with Gasteiger partial charge in [0.2, 0.25) is 0 Å². The number of nitrogens with one attached hydrogen (secondary N) is 1. The molecule has 0 amide bonds. The zero-order valence-corrected chi connectivity index (χ0v) is 10.2. The van der Waals surface area contributed by atoms with Crippen LogP contribution < -0.4 is 5.32 Å². The SMILES string of the molecule is c1cc(-n2nnc(CC3CCCNC3)n2)ccn1. The van der Waals surface area contributed by atoms with Crippen LogP contribution in [-0.4, -0.2) is 38.3 Å². The van der Waals surface area contributed by atoms with Crippen molar-refractivity contribution in [3.05, 3.63) is 30.4 Å². The quantitative estimate of drug-likeness (QED) is 0.856. The van der Waals surface area contributed by atoms with Gasteiger partial charge in [-0.15, -0.1) is 15.0 Å². The second-order valence-corrected chi connectivity index (χ2v) is 4.62. The summed E-state index contributed by atoms with van der Waals surface area (Å²) in [4.78, 5) is 5.54. The molecule has 0 radical (unpaired) electrons. The Labute approximate surface area is 105 Å². The van der Waals surface area contributed by atoms with Gasteiger partial charge in [0.15, 0.2) is 5.82 Å². The van der Waals surface area contributed by atoms with Crippen LogP contribution >= 0.6 is 0 Å². The van der Waals surface area contributed by atoms with Crippen LogP contribution in [0.4, 0.5) is 0 Å². The van der Waals surface area contributed by atoms with Crippen molar-refractivity contribution in [2.75, 3.05) is 13.1 Å². The third-order valence-corrected chi connectivity index (χ3v) is 3.22. The molecule has 0 spiro atoms. The number of hydrogen-bond acceptors (Lipinski definition) is 5. The molecule has 1 saturated heterocycles. The summed E-state index contributed by atoms with van der Waals surface area (Å²) in [5, 5.41) is 16.0. The van der Waals surface area contributed by atoms with Gasteiger partial charge in [-0.05, 0) is 49.2 Å². The zero-order chi connectivity index (χ0) is 12.2. The molecule has 1 fully saturated rings. The number of piperidine rings is 1. The van der Waals surface area contributed by atoms with E-state index in [0.29, 0.717) is 5.92 Å². The van der Waals surface area contributed by atoms with Crippen LogP contribution in [0.1, 0.15) is 18.7 Å². The van der Waals surface area contributed by atoms with Gasteiger partial charge in [0.05, 0.1) is 5.69 Å². The lowest BCUT2D eigenvalue weighted by Gasteiger charge is -2.20. The van der Waals surface area contributed by atoms with Gasteiger partial charge in [-0.2, -0.15) is 0 Å². The predicted molar refractivity (Wildman–Crippen MR) is 66.2 cm³/mol. The van der Waals surface area contributed by atoms with Gasteiger partial charge in [0.25, 0.3) is 0 Å². The van der Waals surface area contributed by atoms with Gasteiger partial charge < -0.3 is 5.32 Å². The summed E-state index contributed by atoms with van der Waals surface area (Å²) >= 11 is 0. The summed E-state index contributed by atoms with van der Waals surface area (Å²) < 4.78 is 0. The van der Waals surface area contributed by atoms with E-state index in [1.165, 1.54) is 12.8 Å². The molecule has 2 aromatic heterocycles. The number of aromatic nitrogens is 5. The lowest BCUT2D eigenvalue weighted by Crippen LogP contribution is -2.31. The van der Waals surface area contributed by atoms with Gasteiger partial charge in [-0.1, -0.05) is 0 Å². The van der Waals surface area contributed by atoms with Crippen LogP contribution in [-0.2, 0) is 6.42 Å². The Bertz CT molecular complexity index is 488. The fourth-order valence-corrected chi connectivity index (χ4v) is 2.27. The molecule has 3 rings (SSSR count). The van der Waals surface area contributed by atoms with Gasteiger partial charge >= 0.3 is 0 Å². The molecule has 1 aliphatic heterocycles. The first-order valence-electron chi connectivity index (χ1n) is 6.32. The number of rotatable bonds is 3. The third-order valence-electron chi connectivity index (χ3n) is 3.22. The van der Waals surface area contributed by atoms with E-state index >= 15 is 0 Å². The molecule has 1 unspecified atom stereocenters. The summed E-state index contributed by atoms with van der Waals surface area (Å²) in [5.74, 6) is 1.45. The van der Waals surface area contributed by atoms with Crippen molar-refractivity contribution in [2.45, 2.75) is 19.3 Å². The molecular formula is C12H16N6. The van der Waals surface area contributed by atoms with Crippen molar-refractivity contribution in [1.82, 2.24) is 30.5 Å². The van der Waals surface area contributed by atoms with Crippen molar-refractivity contribution < 1.29 is 0 Å². The largest absolute Gasteiger partial charge is 0.316 e. The van der Waals surface area contributed by atoms with E-state index in [2.05, 4.69) is 25.7 Å². The third kappa shape index (κ3) is 2.53. The van der Waals surface area contributed by atoms with Crippen LogP contribution in [0, 0.1) is 5.92 Å². The molecular weight excluding hydrogens is 228 g/mol. The van der Waals surface area contributed by atoms with Crippen LogP contribution in [0.2, 0.25) is 0 Å². The average Bonchev–Trinajstić information content (AvgIpc) is 2.89. The first kappa shape index (κ1) is 11.3. The fraction of sp³-hybridized carbons (Fsp3) is 0.500. The minimum atomic E-state index is 0.633. The van der Waals surface area contributed by atoms with E-state index in [-0.39, 0.29) is 0 Å². The molecule has 0 saturated carbocycles. The second-order valence-electron chi connectivity index (χ2n) is 4.62. The van der Waals surface area contributed by atoms with Crippen LogP contribution in [0.5, 0.6) is 0 Å². The van der Waals surface area contributed by atoms with Gasteiger partial charge in [-0.3, -0.25) is 4.98 Å². The Morgan fingerprint density at radius 3 is 3.00 bits per heavy atom. The molecule has 0 aromatic carbocycles. The highest BCUT2D eigenvalue weighted by atomic mass is 15.6. The van der Waals surface area contributed by atoms with Crippen molar-refractivity contribution in [3.63, 3.8) is 0 Å². The van der Waals surface area contributed by atoms with Gasteiger partial charge in [0, 0.05) is 18.8 Å². The smallest absolute Gasteiger partial charge is 0.175 e. The normalized spacial score (nSPS) is 19.9. The van der Waals surface area contributed by atoms with Crippen LogP contribution in [0.25, 0.3) is 5.69 Å². The molecule has 0 aliphatic carbocycles. The van der Waals surface area contributed by atoms with Crippen LogP contribution in [0.15, 0.2) is 24.5 Å². The van der Waals surface area contributed by atoms with Crippen LogP contribution in [0.3, 0.4) is 0 Å². The standard InChI is InChI=1S/C12H16N6/c1-2-10(9-14-5-1)8-12-15-17-18(16-12)11-3-6-13-7-4-11/h3-4,6-7,10,14H,1-2,5,8-9H2. The lowest BCUT2D eigenvalue weighted by atomic mass is 9.96. The number of nitrogens with zero attached hydrogens (tertiary/aromatic N) is 5. The Kier molecular flexibility index (Phi) is 3.27. The lowest BCUT2D eigenvalue weighted by molar-refractivity contribution is 0.370. The summed E-state index contributed by atoms with van der Waals surface area (Å²) in [7, 11) is 0. The molecule has 1 aliphatic rings. The monoisotopic (exact) mass is 244 g/mol. The Morgan fingerprint density at radius 2 is 2.22 bits per heavy atom. The van der Waals surface area contributed by atoms with E-state index in [9.17, 15) is 0 Å². The minimum Gasteiger partial charge on any atom is -0.316 e. The van der Waals surface area contributed by atoms with E-state index in [0.717, 1.165) is 31.0 Å². The fourth-order valence-electron chi connectivity index (χ4n) is 2.27. The first-order valence-corrected chi connectivity index (χ1v) is 6.32. The maximum Gasteiger partial charge on any atom is 0.175 e. The molecule has 2 aromatic rings. The van der Waals surface area contributed by atoms with Gasteiger partial charge in [0.1, 0.15) is 0 Å². The topological polar surface area (TPSA) is 68.5 Å². The molecule has 1 atom stereocenters. The summed E-state index contributed by atoms with van der Waals surface area (Å²) in [6.07, 6.45) is 6.84. The van der Waals surface area contributed by atoms with E-state index in [4.69, 9.17) is 0 Å². The van der Waals surface area contributed by atoms with Crippen molar-refractivity contribution in [1.29, 1.82) is 0 Å². The maximum absolute atomic E-state index is 4.41. The van der Waals surface area contributed by atoms with E-state index < -0.39 is 0 Å². The molecule has 1 N–H and O–H groups in total. The highest BCUT2D eigenvalue weighted by molar-refractivity contribution is 5.24. The Hall–Kier alpha value is -1.82. The molecule has 94 valence electrons. The predicted octanol–water partition coefficient (Wildman–Crippen LogP) is 0.599. The number of hydrogen-bond donors (Lipinski definition) is 1. The molecule has 18 heavy (non-hydrogen) atoms. The minimum absolute atomic E-state index is 0.633. The molecule has 0 bridgehead atoms. The highest BCUT2D eigenvalue weighted by Crippen LogP contribution is 2.14. The highest BCUT2D eigenvalue weighted by Gasteiger charge is 2.16. The summed E-state index contributed by atoms with van der Waals surface area (Å²) in [5.41, 5.74) is 0.894. The molecule has 6 heteroatoms. The Balaban J connectivity index is 1.69. The first-order chi connectivity index (χ1) is 8.92. The van der Waals surface area contributed by atoms with Crippen molar-refractivity contribution >= 4 is 0 Å². The maximum atomic E-state index is 4.41. The number of pyridine rings is 1. The zero-order valence-electron chi connectivity index (χ0n) is 10.2. The van der Waals surface area contributed by atoms with Crippen molar-refractivity contribution in [2.24, 2.45) is 5.92 Å². The molecule has 3 heterocycles. The molecule has 6 nitrogen and oxygen atoms in total. The summed E-state index contributed by atoms with van der Waals surface area (Å²) in [6.45, 7) is 2.19.